The molecule has 3 nitrogen and oxygen atoms in total. The van der Waals surface area contributed by atoms with Crippen molar-refractivity contribution in [3.05, 3.63) is 149 Å². The zero-order valence-corrected chi connectivity index (χ0v) is 29.3. The smallest absolute Gasteiger partial charge is 0.0382 e. The Morgan fingerprint density at radius 2 is 0.820 bits per heavy atom. The van der Waals surface area contributed by atoms with E-state index in [0.29, 0.717) is 0 Å². The van der Waals surface area contributed by atoms with Gasteiger partial charge in [0.15, 0.2) is 0 Å². The van der Waals surface area contributed by atoms with Crippen LogP contribution in [0.4, 0.5) is 0 Å². The fourth-order valence-corrected chi connectivity index (χ4v) is 8.48. The van der Waals surface area contributed by atoms with Crippen molar-refractivity contribution in [2.24, 2.45) is 0 Å². The molecule has 6 aromatic carbocycles. The largest absolute Gasteiger partial charge is 0.264 e. The second kappa shape index (κ2) is 11.3. The summed E-state index contributed by atoms with van der Waals surface area (Å²) >= 11 is 0. The molecule has 0 aliphatic carbocycles. The maximum absolute atomic E-state index is 4.75. The average molecular weight is 644 g/mol. The molecule has 0 amide bonds. The first kappa shape index (κ1) is 30.2. The molecule has 3 aromatic heterocycles. The minimum atomic E-state index is 1.02. The molecule has 0 fully saturated rings. The van der Waals surface area contributed by atoms with Crippen molar-refractivity contribution in [3.63, 3.8) is 0 Å². The third-order valence-corrected chi connectivity index (χ3v) is 10.5. The van der Waals surface area contributed by atoms with Crippen LogP contribution < -0.4 is 0 Å². The van der Waals surface area contributed by atoms with E-state index in [1.165, 1.54) is 110 Å². The number of hydrogen-bond acceptors (Lipinski definition) is 3. The Hall–Kier alpha value is -5.93. The van der Waals surface area contributed by atoms with Crippen LogP contribution in [-0.2, 0) is 0 Å². The summed E-state index contributed by atoms with van der Waals surface area (Å²) in [4.78, 5) is 13.9. The maximum atomic E-state index is 4.75. The van der Waals surface area contributed by atoms with E-state index in [2.05, 4.69) is 143 Å². The molecule has 0 bridgehead atoms. The number of rotatable bonds is 4. The van der Waals surface area contributed by atoms with Gasteiger partial charge in [-0.3, -0.25) is 15.0 Å². The molecule has 0 N–H and O–H groups in total. The fraction of sp³-hybridized carbons (Fsp3) is 0.128. The van der Waals surface area contributed by atoms with Gasteiger partial charge in [-0.25, -0.2) is 0 Å². The van der Waals surface area contributed by atoms with Gasteiger partial charge in [0.05, 0.1) is 0 Å². The second-order valence-electron chi connectivity index (χ2n) is 14.0. The van der Waals surface area contributed by atoms with Gasteiger partial charge in [-0.05, 0) is 182 Å². The predicted molar refractivity (Wildman–Crippen MR) is 211 cm³/mol. The van der Waals surface area contributed by atoms with E-state index >= 15 is 0 Å². The number of benzene rings is 6. The van der Waals surface area contributed by atoms with E-state index in [1.807, 2.05) is 24.8 Å². The second-order valence-corrected chi connectivity index (χ2v) is 14.0. The van der Waals surface area contributed by atoms with Crippen molar-refractivity contribution in [2.45, 2.75) is 41.5 Å². The van der Waals surface area contributed by atoms with E-state index in [4.69, 9.17) is 4.98 Å². The summed E-state index contributed by atoms with van der Waals surface area (Å²) in [5.41, 5.74) is 16.6. The highest BCUT2D eigenvalue weighted by Crippen LogP contribution is 2.49. The molecule has 0 radical (unpaired) electrons. The van der Waals surface area contributed by atoms with Crippen LogP contribution in [0.5, 0.6) is 0 Å². The Balaban J connectivity index is 1.51. The van der Waals surface area contributed by atoms with E-state index in [1.54, 1.807) is 0 Å². The van der Waals surface area contributed by atoms with Crippen molar-refractivity contribution in [1.29, 1.82) is 0 Å². The summed E-state index contributed by atoms with van der Waals surface area (Å²) < 4.78 is 0. The number of pyridine rings is 3. The molecule has 50 heavy (non-hydrogen) atoms. The van der Waals surface area contributed by atoms with Gasteiger partial charge in [0.25, 0.3) is 0 Å². The summed E-state index contributed by atoms with van der Waals surface area (Å²) in [5, 5.41) is 10.1. The number of aromatic nitrogens is 3. The van der Waals surface area contributed by atoms with Crippen LogP contribution in [0.3, 0.4) is 0 Å². The van der Waals surface area contributed by atoms with Crippen molar-refractivity contribution in [2.75, 3.05) is 0 Å². The third kappa shape index (κ3) is 4.61. The molecule has 0 spiro atoms. The van der Waals surface area contributed by atoms with Crippen LogP contribution in [0.2, 0.25) is 0 Å². The Kier molecular flexibility index (Phi) is 6.82. The average Bonchev–Trinajstić information content (AvgIpc) is 3.10. The summed E-state index contributed by atoms with van der Waals surface area (Å²) in [5.74, 6) is 0. The van der Waals surface area contributed by atoms with Crippen molar-refractivity contribution >= 4 is 43.1 Å². The number of nitrogens with zero attached hydrogens (tertiary/aromatic N) is 3. The van der Waals surface area contributed by atoms with Gasteiger partial charge in [-0.2, -0.15) is 0 Å². The van der Waals surface area contributed by atoms with Crippen molar-refractivity contribution in [1.82, 2.24) is 15.0 Å². The summed E-state index contributed by atoms with van der Waals surface area (Å²) in [6.45, 7) is 12.9. The number of hydrogen-bond donors (Lipinski definition) is 0. The number of aryl methyl sites for hydroxylation is 6. The Morgan fingerprint density at radius 3 is 1.34 bits per heavy atom. The van der Waals surface area contributed by atoms with Gasteiger partial charge in [0.2, 0.25) is 0 Å². The molecule has 0 aliphatic heterocycles. The highest BCUT2D eigenvalue weighted by Gasteiger charge is 2.23. The molecule has 0 atom stereocenters. The third-order valence-electron chi connectivity index (χ3n) is 10.5. The molecule has 9 aromatic rings. The van der Waals surface area contributed by atoms with Crippen LogP contribution in [0.15, 0.2) is 116 Å². The molecule has 9 rings (SSSR count). The van der Waals surface area contributed by atoms with Crippen LogP contribution in [0, 0.1) is 41.5 Å². The first-order chi connectivity index (χ1) is 24.3. The lowest BCUT2D eigenvalue weighted by molar-refractivity contribution is 1.12. The van der Waals surface area contributed by atoms with Gasteiger partial charge in [0, 0.05) is 36.2 Å². The normalized spacial score (nSPS) is 11.8. The Morgan fingerprint density at radius 1 is 0.380 bits per heavy atom. The van der Waals surface area contributed by atoms with Gasteiger partial charge < -0.3 is 0 Å². The van der Waals surface area contributed by atoms with Crippen LogP contribution in [0.1, 0.15) is 33.6 Å². The minimum absolute atomic E-state index is 1.02. The molecule has 0 aliphatic rings. The van der Waals surface area contributed by atoms with Crippen molar-refractivity contribution < 1.29 is 0 Å². The highest BCUT2D eigenvalue weighted by molar-refractivity contribution is 6.32. The summed E-state index contributed by atoms with van der Waals surface area (Å²) in [6.07, 6.45) is 7.97. The topological polar surface area (TPSA) is 38.7 Å². The quantitative estimate of drug-likeness (QED) is 0.179. The van der Waals surface area contributed by atoms with E-state index in [0.717, 1.165) is 11.4 Å². The zero-order chi connectivity index (χ0) is 34.3. The van der Waals surface area contributed by atoms with Crippen LogP contribution in [0.25, 0.3) is 87.6 Å². The zero-order valence-electron chi connectivity index (χ0n) is 29.3. The Bertz CT molecular complexity index is 2690. The molecule has 0 unspecified atom stereocenters. The standard InChI is InChI=1S/C47H37N3/c1-26-22-48-23-27(2)44(26)42-21-43(45-28(3)24-49-25-29(45)4)39-16-14-37-41(35-17-30(5)50-31(6)18-35)20-40(36-13-15-38(42)47(39)46(36)37)34-12-11-32-9-7-8-10-33(32)19-34/h7-25H,1-6H3. The van der Waals surface area contributed by atoms with Gasteiger partial charge in [-0.1, -0.05) is 60.7 Å². The first-order valence-corrected chi connectivity index (χ1v) is 17.3. The highest BCUT2D eigenvalue weighted by atomic mass is 14.7. The lowest BCUT2D eigenvalue weighted by atomic mass is 9.80. The van der Waals surface area contributed by atoms with E-state index in [-0.39, 0.29) is 0 Å². The lowest BCUT2D eigenvalue weighted by Crippen LogP contribution is -1.98. The van der Waals surface area contributed by atoms with Gasteiger partial charge >= 0.3 is 0 Å². The molecular weight excluding hydrogens is 607 g/mol. The SMILES string of the molecule is Cc1cc(-c2cc(-c3ccc4ccccc4c3)c3ccc4c(-c5c(C)cncc5C)cc(-c5c(C)cncc5C)c5ccc2c3c54)cc(C)n1. The van der Waals surface area contributed by atoms with Crippen LogP contribution >= 0.6 is 0 Å². The molecular formula is C47H37N3. The monoisotopic (exact) mass is 643 g/mol. The lowest BCUT2D eigenvalue weighted by Gasteiger charge is -2.23. The summed E-state index contributed by atoms with van der Waals surface area (Å²) in [7, 11) is 0. The van der Waals surface area contributed by atoms with E-state index < -0.39 is 0 Å². The molecule has 3 heterocycles. The molecule has 3 heteroatoms. The van der Waals surface area contributed by atoms with Gasteiger partial charge in [-0.15, -0.1) is 0 Å². The van der Waals surface area contributed by atoms with Gasteiger partial charge in [0.1, 0.15) is 0 Å². The number of fused-ring (bicyclic) bond motifs is 1. The van der Waals surface area contributed by atoms with Crippen LogP contribution in [-0.4, -0.2) is 15.0 Å². The molecule has 0 saturated carbocycles. The molecule has 240 valence electrons. The van der Waals surface area contributed by atoms with Crippen molar-refractivity contribution in [3.8, 4) is 44.5 Å². The minimum Gasteiger partial charge on any atom is -0.264 e. The molecule has 0 saturated heterocycles. The predicted octanol–water partition coefficient (Wildman–Crippen LogP) is 12.4. The summed E-state index contributed by atoms with van der Waals surface area (Å²) in [6, 6.07) is 34.2. The van der Waals surface area contributed by atoms with E-state index in [9.17, 15) is 0 Å². The maximum Gasteiger partial charge on any atom is 0.0382 e. The Labute approximate surface area is 292 Å². The fourth-order valence-electron chi connectivity index (χ4n) is 8.48. The first-order valence-electron chi connectivity index (χ1n) is 17.3.